The second-order valence-electron chi connectivity index (χ2n) is 1.78. The average molecular weight is 236 g/mol. The maximum atomic E-state index is 10.7. The van der Waals surface area contributed by atoms with Gasteiger partial charge >= 0.3 is 9.84 Å². The van der Waals surface area contributed by atoms with Crippen molar-refractivity contribution in [2.75, 3.05) is 0 Å². The van der Waals surface area contributed by atoms with Crippen molar-refractivity contribution in [1.29, 1.82) is 0 Å². The first kappa shape index (κ1) is 8.48. The number of nitrogens with zero attached hydrogens (tertiary/aromatic N) is 2. The summed E-state index contributed by atoms with van der Waals surface area (Å²) in [6.07, 6.45) is 4.25. The molecule has 0 amide bonds. The van der Waals surface area contributed by atoms with Gasteiger partial charge in [0, 0.05) is 6.20 Å². The Morgan fingerprint density at radius 3 is 2.55 bits per heavy atom. The summed E-state index contributed by atoms with van der Waals surface area (Å²) in [5, 5.41) is -0.271. The molecule has 11 heavy (non-hydrogen) atoms. The quantitative estimate of drug-likeness (QED) is 0.411. The minimum atomic E-state index is -3.53. The van der Waals surface area contributed by atoms with Crippen molar-refractivity contribution in [3.8, 4) is 0 Å². The molecule has 6 heteroatoms. The van der Waals surface area contributed by atoms with E-state index in [1.54, 1.807) is 0 Å². The zero-order valence-electron chi connectivity index (χ0n) is 5.36. The Morgan fingerprint density at radius 2 is 2.18 bits per heavy atom. The summed E-state index contributed by atoms with van der Waals surface area (Å²) in [6, 6.07) is 1.54. The predicted octanol–water partition coefficient (Wildman–Crippen LogP) is 0.804. The molecule has 0 aliphatic heterocycles. The first-order chi connectivity index (χ1) is 5.00. The molecule has 0 saturated carbocycles. The summed E-state index contributed by atoms with van der Waals surface area (Å²) < 4.78 is 21.9. The Morgan fingerprint density at radius 1 is 1.55 bits per heavy atom. The van der Waals surface area contributed by atoms with E-state index in [1.165, 1.54) is 12.3 Å². The highest BCUT2D eigenvalue weighted by Crippen LogP contribution is 2.07. The van der Waals surface area contributed by atoms with Gasteiger partial charge in [0.2, 0.25) is 0 Å². The Hall–Kier alpha value is -0.620. The highest BCUT2D eigenvalue weighted by Gasteiger charge is 2.17. The van der Waals surface area contributed by atoms with E-state index in [1.807, 2.05) is 0 Å². The Bertz CT molecular complexity index is 363. The molecule has 0 saturated heterocycles. The van der Waals surface area contributed by atoms with Crippen molar-refractivity contribution in [2.24, 2.45) is 0 Å². The van der Waals surface area contributed by atoms with Crippen molar-refractivity contribution in [3.63, 3.8) is 0 Å². The van der Waals surface area contributed by atoms with Crippen molar-refractivity contribution < 1.29 is 8.42 Å². The van der Waals surface area contributed by atoms with Gasteiger partial charge in [-0.2, -0.15) is 8.42 Å². The molecule has 0 aliphatic carbocycles. The summed E-state index contributed by atoms with van der Waals surface area (Å²) in [5.41, 5.74) is 0. The maximum absolute atomic E-state index is 10.7. The number of hydrogen-bond acceptors (Lipinski definition) is 4. The largest absolute Gasteiger partial charge is 0.354 e. The van der Waals surface area contributed by atoms with Crippen molar-refractivity contribution in [1.82, 2.24) is 9.97 Å². The van der Waals surface area contributed by atoms with Gasteiger partial charge in [-0.3, -0.25) is 0 Å². The van der Waals surface area contributed by atoms with Crippen LogP contribution in [0.1, 0.15) is 0 Å². The first-order valence-corrected chi connectivity index (χ1v) is 5.01. The van der Waals surface area contributed by atoms with Crippen LogP contribution in [-0.4, -0.2) is 18.4 Å². The molecule has 0 bridgehead atoms. The molecule has 0 atom stereocenters. The van der Waals surface area contributed by atoms with Gasteiger partial charge in [0.1, 0.15) is 4.60 Å². The third-order valence-electron chi connectivity index (χ3n) is 0.878. The molecule has 1 aromatic rings. The van der Waals surface area contributed by atoms with Gasteiger partial charge in [-0.15, -0.1) is 0 Å². The van der Waals surface area contributed by atoms with Crippen LogP contribution in [0.2, 0.25) is 0 Å². The predicted molar refractivity (Wildman–Crippen MR) is 42.3 cm³/mol. The van der Waals surface area contributed by atoms with E-state index in [2.05, 4.69) is 32.2 Å². The SMILES string of the molecule is [CH2+]S(=O)(=O)c1nccc(Br)n1. The van der Waals surface area contributed by atoms with E-state index in [0.717, 1.165) is 0 Å². The smallest absolute Gasteiger partial charge is 0.223 e. The molecule has 0 aliphatic rings. The van der Waals surface area contributed by atoms with Crippen molar-refractivity contribution in [2.45, 2.75) is 5.16 Å². The second-order valence-corrected chi connectivity index (χ2v) is 4.18. The summed E-state index contributed by atoms with van der Waals surface area (Å²) in [7, 11) is -3.53. The summed E-state index contributed by atoms with van der Waals surface area (Å²) in [4.78, 5) is 7.12. The number of sulfone groups is 1. The molecular formula is C5H4BrN2O2S+. The lowest BCUT2D eigenvalue weighted by molar-refractivity contribution is 0.595. The lowest BCUT2D eigenvalue weighted by atomic mass is 10.7. The molecule has 1 aromatic heterocycles. The minimum Gasteiger partial charge on any atom is -0.223 e. The Balaban J connectivity index is 3.28. The second kappa shape index (κ2) is 2.78. The molecular weight excluding hydrogens is 232 g/mol. The van der Waals surface area contributed by atoms with Crippen LogP contribution in [0.25, 0.3) is 0 Å². The molecule has 0 radical (unpaired) electrons. The van der Waals surface area contributed by atoms with Gasteiger partial charge in [-0.05, 0) is 22.0 Å². The molecule has 1 heterocycles. The van der Waals surface area contributed by atoms with Crippen LogP contribution in [0.4, 0.5) is 0 Å². The standard InChI is InChI=1S/C5H4BrN2O2S/c1-11(9,10)5-7-3-2-4(6)8-5/h2-3H,1H2/q+1. The van der Waals surface area contributed by atoms with Crippen molar-refractivity contribution in [3.05, 3.63) is 23.1 Å². The molecule has 0 N–H and O–H groups in total. The molecule has 0 spiro atoms. The van der Waals surface area contributed by atoms with E-state index in [0.29, 0.717) is 4.60 Å². The van der Waals surface area contributed by atoms with Crippen LogP contribution in [0.3, 0.4) is 0 Å². The number of rotatable bonds is 1. The van der Waals surface area contributed by atoms with Crippen molar-refractivity contribution >= 4 is 25.8 Å². The molecule has 0 aromatic carbocycles. The number of aromatic nitrogens is 2. The molecule has 58 valence electrons. The molecule has 4 nitrogen and oxygen atoms in total. The maximum Gasteiger partial charge on any atom is 0.354 e. The lowest BCUT2D eigenvalue weighted by Gasteiger charge is -1.90. The van der Waals surface area contributed by atoms with Gasteiger partial charge < -0.3 is 0 Å². The van der Waals surface area contributed by atoms with Crippen LogP contribution in [0.5, 0.6) is 0 Å². The minimum absolute atomic E-state index is 0.271. The third kappa shape index (κ3) is 2.16. The monoisotopic (exact) mass is 235 g/mol. The summed E-state index contributed by atoms with van der Waals surface area (Å²) >= 11 is 3.01. The summed E-state index contributed by atoms with van der Waals surface area (Å²) in [6.45, 7) is 0. The zero-order valence-corrected chi connectivity index (χ0v) is 7.76. The fourth-order valence-electron chi connectivity index (χ4n) is 0.470. The topological polar surface area (TPSA) is 59.9 Å². The van der Waals surface area contributed by atoms with Crippen LogP contribution in [0, 0.1) is 6.26 Å². The third-order valence-corrected chi connectivity index (χ3v) is 2.07. The van der Waals surface area contributed by atoms with Crippen LogP contribution >= 0.6 is 15.9 Å². The highest BCUT2D eigenvalue weighted by molar-refractivity contribution is 9.10. The Labute approximate surface area is 72.7 Å². The average Bonchev–Trinajstić information content (AvgIpc) is 1.86. The van der Waals surface area contributed by atoms with E-state index in [-0.39, 0.29) is 5.16 Å². The van der Waals surface area contributed by atoms with E-state index in [4.69, 9.17) is 0 Å². The normalized spacial score (nSPS) is 11.4. The van der Waals surface area contributed by atoms with Crippen LogP contribution < -0.4 is 0 Å². The van der Waals surface area contributed by atoms with E-state index < -0.39 is 9.84 Å². The van der Waals surface area contributed by atoms with Gasteiger partial charge in [0.25, 0.3) is 5.16 Å². The van der Waals surface area contributed by atoms with Gasteiger partial charge in [0.05, 0.1) is 0 Å². The lowest BCUT2D eigenvalue weighted by Crippen LogP contribution is -2.00. The molecule has 1 rings (SSSR count). The van der Waals surface area contributed by atoms with Gasteiger partial charge in [-0.25, -0.2) is 9.97 Å². The van der Waals surface area contributed by atoms with E-state index in [9.17, 15) is 8.42 Å². The molecule has 0 unspecified atom stereocenters. The molecule has 0 fully saturated rings. The number of halogens is 1. The zero-order chi connectivity index (χ0) is 8.48. The fraction of sp³-hybridized carbons (Fsp3) is 0. The summed E-state index contributed by atoms with van der Waals surface area (Å²) in [5.74, 6) is 0. The first-order valence-electron chi connectivity index (χ1n) is 2.57. The Kier molecular flexibility index (Phi) is 2.15. The van der Waals surface area contributed by atoms with Crippen LogP contribution in [0.15, 0.2) is 22.0 Å². The number of hydrogen-bond donors (Lipinski definition) is 0. The van der Waals surface area contributed by atoms with Crippen LogP contribution in [-0.2, 0) is 9.84 Å². The van der Waals surface area contributed by atoms with Gasteiger partial charge in [0.15, 0.2) is 6.26 Å². The van der Waals surface area contributed by atoms with E-state index >= 15 is 0 Å². The van der Waals surface area contributed by atoms with Gasteiger partial charge in [-0.1, -0.05) is 0 Å². The fourth-order valence-corrected chi connectivity index (χ4v) is 1.33. The highest BCUT2D eigenvalue weighted by atomic mass is 79.9.